The Kier molecular flexibility index (Phi) is 6.18. The molecule has 31 heavy (non-hydrogen) atoms. The average molecular weight is 433 g/mol. The van der Waals surface area contributed by atoms with Crippen molar-refractivity contribution in [2.45, 2.75) is 20.0 Å². The van der Waals surface area contributed by atoms with Crippen LogP contribution in [0, 0.1) is 0 Å². The molecule has 0 bridgehead atoms. The van der Waals surface area contributed by atoms with Crippen molar-refractivity contribution in [2.75, 3.05) is 17.7 Å². The third-order valence-corrected chi connectivity index (χ3v) is 4.24. The number of allylic oxidation sites excluding steroid dienone is 2. The summed E-state index contributed by atoms with van der Waals surface area (Å²) in [5, 5.41) is 12.3. The number of urea groups is 1. The summed E-state index contributed by atoms with van der Waals surface area (Å²) in [7, 11) is 1.47. The Balaban J connectivity index is 1.88. The number of carbonyl (C=O) groups excluding carboxylic acids is 1. The first kappa shape index (κ1) is 21.7. The maximum atomic E-state index is 13.5. The summed E-state index contributed by atoms with van der Waals surface area (Å²) in [6, 6.07) is -0.0205. The third-order valence-electron chi connectivity index (χ3n) is 4.24. The first-order valence-electron chi connectivity index (χ1n) is 8.91. The van der Waals surface area contributed by atoms with E-state index in [0.29, 0.717) is 17.0 Å². The number of rotatable bonds is 5. The smallest absolute Gasteiger partial charge is 0.420 e. The molecular weight excluding hydrogens is 415 g/mol. The predicted octanol–water partition coefficient (Wildman–Crippen LogP) is 4.15. The molecule has 0 saturated carbocycles. The van der Waals surface area contributed by atoms with Gasteiger partial charge in [-0.2, -0.15) is 23.4 Å². The van der Waals surface area contributed by atoms with Gasteiger partial charge in [0.25, 0.3) is 0 Å². The zero-order valence-electron chi connectivity index (χ0n) is 16.7. The van der Waals surface area contributed by atoms with Crippen LogP contribution in [0.4, 0.5) is 29.3 Å². The molecule has 0 atom stereocenters. The lowest BCUT2D eigenvalue weighted by Gasteiger charge is -2.16. The van der Waals surface area contributed by atoms with E-state index in [-0.39, 0.29) is 5.69 Å². The minimum atomic E-state index is -4.74. The highest BCUT2D eigenvalue weighted by atomic mass is 19.4. The molecular formula is C19H18F3N7O2. The highest BCUT2D eigenvalue weighted by Gasteiger charge is 2.36. The van der Waals surface area contributed by atoms with Gasteiger partial charge in [0.2, 0.25) is 0 Å². The van der Waals surface area contributed by atoms with Crippen molar-refractivity contribution in [1.29, 1.82) is 0 Å². The second-order valence-corrected chi connectivity index (χ2v) is 6.23. The zero-order chi connectivity index (χ0) is 22.6. The SMILES string of the molecule is C/C=C(/C)c1c(NC(=O)Nc2cnc(-n3nccn3)c(C(F)(F)F)c2)cncc1OC. The first-order valence-corrected chi connectivity index (χ1v) is 8.91. The van der Waals surface area contributed by atoms with Crippen molar-refractivity contribution in [2.24, 2.45) is 0 Å². The van der Waals surface area contributed by atoms with Gasteiger partial charge < -0.3 is 15.4 Å². The van der Waals surface area contributed by atoms with E-state index in [9.17, 15) is 18.0 Å². The molecule has 0 saturated heterocycles. The van der Waals surface area contributed by atoms with Crippen molar-refractivity contribution in [3.05, 3.63) is 54.3 Å². The molecule has 0 aliphatic heterocycles. The molecule has 0 aromatic carbocycles. The Morgan fingerprint density at radius 2 is 1.87 bits per heavy atom. The summed E-state index contributed by atoms with van der Waals surface area (Å²) >= 11 is 0. The van der Waals surface area contributed by atoms with E-state index < -0.39 is 23.6 Å². The lowest BCUT2D eigenvalue weighted by atomic mass is 10.1. The van der Waals surface area contributed by atoms with Crippen LogP contribution < -0.4 is 15.4 Å². The molecule has 162 valence electrons. The van der Waals surface area contributed by atoms with Crippen LogP contribution >= 0.6 is 0 Å². The number of hydrogen-bond acceptors (Lipinski definition) is 6. The quantitative estimate of drug-likeness (QED) is 0.626. The predicted molar refractivity (Wildman–Crippen MR) is 107 cm³/mol. The highest BCUT2D eigenvalue weighted by Crippen LogP contribution is 2.34. The molecule has 12 heteroatoms. The highest BCUT2D eigenvalue weighted by molar-refractivity contribution is 6.01. The van der Waals surface area contributed by atoms with Gasteiger partial charge in [0.05, 0.1) is 49.5 Å². The molecule has 0 aliphatic carbocycles. The Labute approximate surface area is 175 Å². The minimum Gasteiger partial charge on any atom is -0.494 e. The van der Waals surface area contributed by atoms with Gasteiger partial charge >= 0.3 is 12.2 Å². The molecule has 0 radical (unpaired) electrons. The fourth-order valence-corrected chi connectivity index (χ4v) is 2.75. The number of pyridine rings is 2. The average Bonchev–Trinajstić information content (AvgIpc) is 3.27. The maximum Gasteiger partial charge on any atom is 0.420 e. The number of hydrogen-bond donors (Lipinski definition) is 2. The van der Waals surface area contributed by atoms with Gasteiger partial charge in [0, 0.05) is 5.56 Å². The summed E-state index contributed by atoms with van der Waals surface area (Å²) in [5.41, 5.74) is 0.473. The van der Waals surface area contributed by atoms with Crippen molar-refractivity contribution >= 4 is 23.0 Å². The molecule has 3 heterocycles. The molecule has 0 aliphatic rings. The summed E-state index contributed by atoms with van der Waals surface area (Å²) < 4.78 is 45.8. The number of nitrogens with one attached hydrogen (secondary N) is 2. The van der Waals surface area contributed by atoms with Gasteiger partial charge in [-0.1, -0.05) is 6.08 Å². The molecule has 3 rings (SSSR count). The van der Waals surface area contributed by atoms with Gasteiger partial charge in [-0.15, -0.1) is 4.80 Å². The van der Waals surface area contributed by atoms with Crippen LogP contribution in [0.5, 0.6) is 5.75 Å². The lowest BCUT2D eigenvalue weighted by molar-refractivity contribution is -0.137. The third kappa shape index (κ3) is 4.79. The van der Waals surface area contributed by atoms with E-state index in [1.54, 1.807) is 0 Å². The molecule has 0 spiro atoms. The number of ether oxygens (including phenoxy) is 1. The Morgan fingerprint density at radius 3 is 2.48 bits per heavy atom. The van der Waals surface area contributed by atoms with Crippen LogP contribution in [-0.2, 0) is 6.18 Å². The van der Waals surface area contributed by atoms with Crippen LogP contribution in [0.2, 0.25) is 0 Å². The Hall–Kier alpha value is -3.96. The van der Waals surface area contributed by atoms with Crippen molar-refractivity contribution in [3.8, 4) is 11.6 Å². The number of carbonyl (C=O) groups is 1. The Morgan fingerprint density at radius 1 is 1.16 bits per heavy atom. The standard InChI is InChI=1S/C19H18F3N7O2/c1-4-11(2)16-14(9-23-10-15(16)31-3)28-18(30)27-12-7-13(19(20,21)22)17(24-8-12)29-25-5-6-26-29/h4-10H,1-3H3,(H2,27,28,30)/b11-4-. The topological polar surface area (TPSA) is 107 Å². The van der Waals surface area contributed by atoms with E-state index in [1.807, 2.05) is 19.9 Å². The number of methoxy groups -OCH3 is 1. The van der Waals surface area contributed by atoms with Gasteiger partial charge in [0.1, 0.15) is 11.3 Å². The number of amides is 2. The summed E-state index contributed by atoms with van der Waals surface area (Å²) in [6.45, 7) is 3.64. The van der Waals surface area contributed by atoms with Crippen molar-refractivity contribution in [3.63, 3.8) is 0 Å². The van der Waals surface area contributed by atoms with E-state index in [2.05, 4.69) is 30.8 Å². The second kappa shape index (κ2) is 8.81. The van der Waals surface area contributed by atoms with Crippen LogP contribution in [0.15, 0.2) is 43.1 Å². The van der Waals surface area contributed by atoms with E-state index in [0.717, 1.165) is 22.6 Å². The van der Waals surface area contributed by atoms with Gasteiger partial charge in [-0.25, -0.2) is 9.78 Å². The van der Waals surface area contributed by atoms with E-state index in [4.69, 9.17) is 4.74 Å². The van der Waals surface area contributed by atoms with E-state index in [1.165, 1.54) is 31.9 Å². The molecule has 3 aromatic rings. The fraction of sp³-hybridized carbons (Fsp3) is 0.211. The summed E-state index contributed by atoms with van der Waals surface area (Å²) in [4.78, 5) is 21.0. The molecule has 3 aromatic heterocycles. The van der Waals surface area contributed by atoms with Gasteiger partial charge in [0.15, 0.2) is 5.82 Å². The van der Waals surface area contributed by atoms with Gasteiger partial charge in [-0.05, 0) is 25.5 Å². The molecule has 0 fully saturated rings. The summed E-state index contributed by atoms with van der Waals surface area (Å²) in [6.07, 6.45) is 3.53. The van der Waals surface area contributed by atoms with E-state index >= 15 is 0 Å². The molecule has 2 N–H and O–H groups in total. The fourth-order valence-electron chi connectivity index (χ4n) is 2.75. The van der Waals surface area contributed by atoms with Crippen molar-refractivity contribution in [1.82, 2.24) is 25.0 Å². The second-order valence-electron chi connectivity index (χ2n) is 6.23. The largest absolute Gasteiger partial charge is 0.494 e. The maximum absolute atomic E-state index is 13.5. The Bertz CT molecular complexity index is 1110. The molecule has 9 nitrogen and oxygen atoms in total. The number of anilines is 2. The van der Waals surface area contributed by atoms with Crippen LogP contribution in [0.25, 0.3) is 11.4 Å². The van der Waals surface area contributed by atoms with Gasteiger partial charge in [-0.3, -0.25) is 4.98 Å². The monoisotopic (exact) mass is 433 g/mol. The lowest BCUT2D eigenvalue weighted by Crippen LogP contribution is -2.22. The van der Waals surface area contributed by atoms with Crippen LogP contribution in [0.3, 0.4) is 0 Å². The van der Waals surface area contributed by atoms with Crippen LogP contribution in [0.1, 0.15) is 25.0 Å². The van der Waals surface area contributed by atoms with Crippen LogP contribution in [-0.4, -0.2) is 38.1 Å². The number of alkyl halides is 3. The molecule has 2 amide bonds. The molecule has 0 unspecified atom stereocenters. The van der Waals surface area contributed by atoms with Crippen molar-refractivity contribution < 1.29 is 22.7 Å². The summed E-state index contributed by atoms with van der Waals surface area (Å²) in [5.74, 6) is -0.0723. The first-order chi connectivity index (χ1) is 14.7. The minimum absolute atomic E-state index is 0.166. The number of aromatic nitrogens is 5. The normalized spacial score (nSPS) is 11.9. The zero-order valence-corrected chi connectivity index (χ0v) is 16.7. The number of nitrogens with zero attached hydrogens (tertiary/aromatic N) is 5. The number of halogens is 3.